The summed E-state index contributed by atoms with van der Waals surface area (Å²) in [6.07, 6.45) is 0.339. The third-order valence-electron chi connectivity index (χ3n) is 4.03. The zero-order chi connectivity index (χ0) is 21.5. The molecule has 0 bridgehead atoms. The van der Waals surface area contributed by atoms with Gasteiger partial charge in [0.25, 0.3) is 5.91 Å². The molecule has 2 aromatic heterocycles. The van der Waals surface area contributed by atoms with Gasteiger partial charge in [-0.1, -0.05) is 12.1 Å². The number of carbonyl (C=O) groups is 2. The van der Waals surface area contributed by atoms with Crippen molar-refractivity contribution in [2.24, 2.45) is 0 Å². The Bertz CT molecular complexity index is 1080. The van der Waals surface area contributed by atoms with E-state index in [1.807, 2.05) is 19.1 Å². The van der Waals surface area contributed by atoms with Crippen LogP contribution in [-0.2, 0) is 22.6 Å². The molecule has 0 aliphatic carbocycles. The Hall–Kier alpha value is -3.22. The number of hydrogen-bond donors (Lipinski definition) is 2. The summed E-state index contributed by atoms with van der Waals surface area (Å²) >= 11 is 2.96. The van der Waals surface area contributed by atoms with Gasteiger partial charge in [0, 0.05) is 16.7 Å². The molecule has 0 aliphatic heterocycles. The van der Waals surface area contributed by atoms with E-state index in [-0.39, 0.29) is 18.4 Å². The van der Waals surface area contributed by atoms with Crippen LogP contribution in [0.3, 0.4) is 0 Å². The standard InChI is InChI=1S/C21H20N4O3S2/c1-13-20(18-8-7-17(30-18)11-23-14(2)26)25-21(29-13)24-19(27)12-28-16-5-3-15(4-6-16)9-10-22/h3-8H,9,11-12H2,1-2H3,(H,23,26)(H,24,25,27). The highest BCUT2D eigenvalue weighted by Crippen LogP contribution is 2.34. The molecule has 0 fully saturated rings. The van der Waals surface area contributed by atoms with Crippen LogP contribution in [0.15, 0.2) is 36.4 Å². The van der Waals surface area contributed by atoms with Gasteiger partial charge in [0.15, 0.2) is 11.7 Å². The molecule has 0 radical (unpaired) electrons. The van der Waals surface area contributed by atoms with E-state index in [1.54, 1.807) is 35.6 Å². The Morgan fingerprint density at radius 1 is 1.17 bits per heavy atom. The van der Waals surface area contributed by atoms with Crippen molar-refractivity contribution in [1.82, 2.24) is 10.3 Å². The Labute approximate surface area is 182 Å². The molecule has 7 nitrogen and oxygen atoms in total. The van der Waals surface area contributed by atoms with E-state index in [0.29, 0.717) is 23.8 Å². The molecule has 9 heteroatoms. The highest BCUT2D eigenvalue weighted by atomic mass is 32.1. The zero-order valence-corrected chi connectivity index (χ0v) is 18.2. The second-order valence-corrected chi connectivity index (χ2v) is 8.79. The molecule has 0 spiro atoms. The van der Waals surface area contributed by atoms with Gasteiger partial charge >= 0.3 is 0 Å². The zero-order valence-electron chi connectivity index (χ0n) is 16.5. The number of thiazole rings is 1. The summed E-state index contributed by atoms with van der Waals surface area (Å²) in [7, 11) is 0. The molecule has 30 heavy (non-hydrogen) atoms. The van der Waals surface area contributed by atoms with Gasteiger partial charge < -0.3 is 10.1 Å². The molecule has 0 unspecified atom stereocenters. The number of ether oxygens (including phenoxy) is 1. The average molecular weight is 441 g/mol. The first-order chi connectivity index (χ1) is 14.4. The summed E-state index contributed by atoms with van der Waals surface area (Å²) in [6, 6.07) is 13.1. The van der Waals surface area contributed by atoms with Crippen LogP contribution in [0.2, 0.25) is 0 Å². The number of aryl methyl sites for hydroxylation is 1. The molecule has 0 atom stereocenters. The monoisotopic (exact) mass is 440 g/mol. The second-order valence-electron chi connectivity index (χ2n) is 6.42. The van der Waals surface area contributed by atoms with Crippen molar-refractivity contribution in [2.75, 3.05) is 11.9 Å². The third kappa shape index (κ3) is 5.89. The van der Waals surface area contributed by atoms with Gasteiger partial charge in [-0.05, 0) is 36.8 Å². The first-order valence-corrected chi connectivity index (χ1v) is 10.8. The van der Waals surface area contributed by atoms with Crippen molar-refractivity contribution in [2.45, 2.75) is 26.8 Å². The van der Waals surface area contributed by atoms with Gasteiger partial charge in [0.2, 0.25) is 5.91 Å². The Kier molecular flexibility index (Phi) is 7.17. The highest BCUT2D eigenvalue weighted by Gasteiger charge is 2.14. The molecule has 1 aromatic carbocycles. The lowest BCUT2D eigenvalue weighted by Gasteiger charge is -2.06. The SMILES string of the molecule is CC(=O)NCc1ccc(-c2nc(NC(=O)COc3ccc(CC#N)cc3)sc2C)s1. The van der Waals surface area contributed by atoms with Crippen molar-refractivity contribution >= 4 is 39.6 Å². The number of rotatable bonds is 8. The quantitative estimate of drug-likeness (QED) is 0.553. The van der Waals surface area contributed by atoms with Gasteiger partial charge in [-0.15, -0.1) is 22.7 Å². The van der Waals surface area contributed by atoms with E-state index in [0.717, 1.165) is 25.9 Å². The lowest BCUT2D eigenvalue weighted by atomic mass is 10.2. The van der Waals surface area contributed by atoms with E-state index in [2.05, 4.69) is 21.7 Å². The minimum atomic E-state index is -0.297. The highest BCUT2D eigenvalue weighted by molar-refractivity contribution is 7.18. The Balaban J connectivity index is 1.56. The van der Waals surface area contributed by atoms with E-state index in [4.69, 9.17) is 10.00 Å². The fraction of sp³-hybridized carbons (Fsp3) is 0.238. The summed E-state index contributed by atoms with van der Waals surface area (Å²) in [4.78, 5) is 30.8. The molecule has 3 aromatic rings. The number of benzene rings is 1. The molecule has 2 N–H and O–H groups in total. The normalized spacial score (nSPS) is 10.3. The Morgan fingerprint density at radius 2 is 1.93 bits per heavy atom. The van der Waals surface area contributed by atoms with Crippen molar-refractivity contribution < 1.29 is 14.3 Å². The molecule has 154 valence electrons. The van der Waals surface area contributed by atoms with Crippen LogP contribution in [0.4, 0.5) is 5.13 Å². The van der Waals surface area contributed by atoms with Gasteiger partial charge in [0.05, 0.1) is 29.6 Å². The Morgan fingerprint density at radius 3 is 2.63 bits per heavy atom. The summed E-state index contributed by atoms with van der Waals surface area (Å²) in [6.45, 7) is 3.80. The number of anilines is 1. The van der Waals surface area contributed by atoms with Crippen LogP contribution >= 0.6 is 22.7 Å². The maximum absolute atomic E-state index is 12.2. The average Bonchev–Trinajstić information content (AvgIpc) is 3.32. The van der Waals surface area contributed by atoms with Crippen LogP contribution < -0.4 is 15.4 Å². The summed E-state index contributed by atoms with van der Waals surface area (Å²) in [5, 5.41) is 14.7. The van der Waals surface area contributed by atoms with Crippen LogP contribution in [-0.4, -0.2) is 23.4 Å². The van der Waals surface area contributed by atoms with E-state index in [9.17, 15) is 9.59 Å². The van der Waals surface area contributed by atoms with Crippen molar-refractivity contribution in [3.63, 3.8) is 0 Å². The fourth-order valence-electron chi connectivity index (χ4n) is 2.59. The molecule has 3 rings (SSSR count). The maximum atomic E-state index is 12.2. The van der Waals surface area contributed by atoms with Gasteiger partial charge in [0.1, 0.15) is 5.75 Å². The first kappa shape index (κ1) is 21.5. The molecule has 2 amide bonds. The minimum Gasteiger partial charge on any atom is -0.484 e. The van der Waals surface area contributed by atoms with Crippen molar-refractivity contribution in [3.8, 4) is 22.4 Å². The summed E-state index contributed by atoms with van der Waals surface area (Å²) in [5.74, 6) is 0.196. The fourth-order valence-corrected chi connectivity index (χ4v) is 4.49. The van der Waals surface area contributed by atoms with Gasteiger partial charge in [-0.25, -0.2) is 4.98 Å². The number of thiophene rings is 1. The number of nitrogens with zero attached hydrogens (tertiary/aromatic N) is 2. The van der Waals surface area contributed by atoms with Crippen LogP contribution in [0.5, 0.6) is 5.75 Å². The number of nitriles is 1. The largest absolute Gasteiger partial charge is 0.484 e. The number of aromatic nitrogens is 1. The topological polar surface area (TPSA) is 104 Å². The van der Waals surface area contributed by atoms with Crippen LogP contribution in [0.25, 0.3) is 10.6 Å². The number of amides is 2. The number of nitrogens with one attached hydrogen (secondary N) is 2. The summed E-state index contributed by atoms with van der Waals surface area (Å²) in [5.41, 5.74) is 1.72. The van der Waals surface area contributed by atoms with Crippen molar-refractivity contribution in [3.05, 3.63) is 51.7 Å². The van der Waals surface area contributed by atoms with E-state index in [1.165, 1.54) is 18.3 Å². The van der Waals surface area contributed by atoms with Gasteiger partial charge in [-0.2, -0.15) is 5.26 Å². The third-order valence-corrected chi connectivity index (χ3v) is 6.00. The van der Waals surface area contributed by atoms with E-state index < -0.39 is 0 Å². The smallest absolute Gasteiger partial charge is 0.264 e. The molecule has 0 saturated carbocycles. The predicted octanol–water partition coefficient (Wildman–Crippen LogP) is 3.90. The molecule has 0 saturated heterocycles. The molecule has 0 aliphatic rings. The van der Waals surface area contributed by atoms with Crippen molar-refractivity contribution in [1.29, 1.82) is 5.26 Å². The lowest BCUT2D eigenvalue weighted by Crippen LogP contribution is -2.20. The van der Waals surface area contributed by atoms with Crippen LogP contribution in [0.1, 0.15) is 22.2 Å². The first-order valence-electron chi connectivity index (χ1n) is 9.14. The maximum Gasteiger partial charge on any atom is 0.264 e. The number of hydrogen-bond acceptors (Lipinski definition) is 7. The summed E-state index contributed by atoms with van der Waals surface area (Å²) < 4.78 is 5.49. The van der Waals surface area contributed by atoms with Crippen LogP contribution in [0, 0.1) is 18.3 Å². The molecule has 2 heterocycles. The molecular weight excluding hydrogens is 420 g/mol. The van der Waals surface area contributed by atoms with Gasteiger partial charge in [-0.3, -0.25) is 14.9 Å². The second kappa shape index (κ2) is 10.0. The lowest BCUT2D eigenvalue weighted by molar-refractivity contribution is -0.119. The molecular formula is C21H20N4O3S2. The minimum absolute atomic E-state index is 0.0693. The van der Waals surface area contributed by atoms with E-state index >= 15 is 0 Å². The number of carbonyl (C=O) groups excluding carboxylic acids is 2. The predicted molar refractivity (Wildman–Crippen MR) is 118 cm³/mol.